The van der Waals surface area contributed by atoms with E-state index in [0.29, 0.717) is 23.5 Å². The quantitative estimate of drug-likeness (QED) is 0.592. The standard InChI is InChI=1S/C21H28N4O2S/c1-15(2)19-14-25(9-11-28-19)21(22-3)23-13-16-6-4-7-17(12-16)24-20(26)18-8-5-10-27-18/h4-8,10,12,15,19H,9,11,13-14H2,1-3H3,(H,22,23)(H,24,26). The van der Waals surface area contributed by atoms with Gasteiger partial charge in [0.25, 0.3) is 5.91 Å². The van der Waals surface area contributed by atoms with Gasteiger partial charge >= 0.3 is 0 Å². The summed E-state index contributed by atoms with van der Waals surface area (Å²) in [4.78, 5) is 18.9. The van der Waals surface area contributed by atoms with E-state index < -0.39 is 0 Å². The molecule has 1 aromatic heterocycles. The number of aliphatic imine (C=N–C) groups is 1. The summed E-state index contributed by atoms with van der Waals surface area (Å²) in [5.41, 5.74) is 1.81. The molecular formula is C21H28N4O2S. The molecule has 3 rings (SSSR count). The molecule has 0 bridgehead atoms. The van der Waals surface area contributed by atoms with E-state index >= 15 is 0 Å². The number of guanidine groups is 1. The third-order valence-electron chi connectivity index (χ3n) is 4.73. The number of amides is 1. The smallest absolute Gasteiger partial charge is 0.291 e. The van der Waals surface area contributed by atoms with Crippen LogP contribution in [-0.4, -0.2) is 47.9 Å². The van der Waals surface area contributed by atoms with Gasteiger partial charge in [0.05, 0.1) is 6.26 Å². The van der Waals surface area contributed by atoms with Crippen molar-refractivity contribution in [2.24, 2.45) is 10.9 Å². The summed E-state index contributed by atoms with van der Waals surface area (Å²) in [6.45, 7) is 7.22. The molecule has 0 saturated carbocycles. The molecule has 1 fully saturated rings. The summed E-state index contributed by atoms with van der Waals surface area (Å²) in [5.74, 6) is 2.75. The Labute approximate surface area is 170 Å². The third-order valence-corrected chi connectivity index (χ3v) is 6.27. The Morgan fingerprint density at radius 1 is 1.36 bits per heavy atom. The van der Waals surface area contributed by atoms with Crippen molar-refractivity contribution in [3.8, 4) is 0 Å². The minimum Gasteiger partial charge on any atom is -0.459 e. The lowest BCUT2D eigenvalue weighted by Gasteiger charge is -2.36. The van der Waals surface area contributed by atoms with Crippen LogP contribution in [0.5, 0.6) is 0 Å². The van der Waals surface area contributed by atoms with Crippen molar-refractivity contribution in [1.82, 2.24) is 10.2 Å². The van der Waals surface area contributed by atoms with Gasteiger partial charge in [0.2, 0.25) is 0 Å². The number of anilines is 1. The average Bonchev–Trinajstić information content (AvgIpc) is 3.24. The van der Waals surface area contributed by atoms with Crippen molar-refractivity contribution in [1.29, 1.82) is 0 Å². The first-order valence-corrected chi connectivity index (χ1v) is 10.6. The normalized spacial score (nSPS) is 17.6. The van der Waals surface area contributed by atoms with Crippen LogP contribution in [0.1, 0.15) is 30.0 Å². The zero-order valence-corrected chi connectivity index (χ0v) is 17.5. The first kappa shape index (κ1) is 20.3. The van der Waals surface area contributed by atoms with Crippen molar-refractivity contribution in [2.75, 3.05) is 31.2 Å². The van der Waals surface area contributed by atoms with Crippen molar-refractivity contribution >= 4 is 29.3 Å². The molecule has 1 unspecified atom stereocenters. The number of hydrogen-bond acceptors (Lipinski definition) is 4. The van der Waals surface area contributed by atoms with E-state index in [9.17, 15) is 4.79 Å². The lowest BCUT2D eigenvalue weighted by atomic mass is 10.1. The molecule has 28 heavy (non-hydrogen) atoms. The molecule has 7 heteroatoms. The number of nitrogens with zero attached hydrogens (tertiary/aromatic N) is 2. The minimum atomic E-state index is -0.253. The van der Waals surface area contributed by atoms with E-state index in [-0.39, 0.29) is 5.91 Å². The zero-order chi connectivity index (χ0) is 19.9. The van der Waals surface area contributed by atoms with Crippen LogP contribution in [0.3, 0.4) is 0 Å². The molecule has 1 aromatic carbocycles. The SMILES string of the molecule is CN=C(NCc1cccc(NC(=O)c2ccco2)c1)N1CCSC(C(C)C)C1. The summed E-state index contributed by atoms with van der Waals surface area (Å²) in [6.07, 6.45) is 1.49. The van der Waals surface area contributed by atoms with Crippen LogP contribution in [-0.2, 0) is 6.54 Å². The fourth-order valence-corrected chi connectivity index (χ4v) is 4.44. The number of carbonyl (C=O) groups excluding carboxylic acids is 1. The molecule has 1 aliphatic rings. The number of thioether (sulfide) groups is 1. The molecule has 2 N–H and O–H groups in total. The Morgan fingerprint density at radius 3 is 2.93 bits per heavy atom. The number of rotatable bonds is 5. The van der Waals surface area contributed by atoms with Gasteiger partial charge in [-0.2, -0.15) is 11.8 Å². The van der Waals surface area contributed by atoms with Crippen LogP contribution in [0.2, 0.25) is 0 Å². The predicted octanol–water partition coefficient (Wildman–Crippen LogP) is 3.68. The van der Waals surface area contributed by atoms with Crippen LogP contribution in [0.15, 0.2) is 52.1 Å². The Kier molecular flexibility index (Phi) is 7.03. The van der Waals surface area contributed by atoms with Crippen molar-refractivity contribution in [2.45, 2.75) is 25.6 Å². The van der Waals surface area contributed by atoms with E-state index in [1.165, 1.54) is 6.26 Å². The Morgan fingerprint density at radius 2 is 2.21 bits per heavy atom. The summed E-state index contributed by atoms with van der Waals surface area (Å²) in [7, 11) is 1.83. The summed E-state index contributed by atoms with van der Waals surface area (Å²) in [5, 5.41) is 6.95. The van der Waals surface area contributed by atoms with Crippen molar-refractivity contribution in [3.05, 3.63) is 54.0 Å². The van der Waals surface area contributed by atoms with E-state index in [2.05, 4.69) is 46.1 Å². The maximum absolute atomic E-state index is 12.1. The van der Waals surface area contributed by atoms with E-state index in [4.69, 9.17) is 4.42 Å². The zero-order valence-electron chi connectivity index (χ0n) is 16.6. The number of nitrogens with one attached hydrogen (secondary N) is 2. The second-order valence-electron chi connectivity index (χ2n) is 7.13. The molecule has 0 aliphatic carbocycles. The van der Waals surface area contributed by atoms with Gasteiger partial charge < -0.3 is 20.0 Å². The molecule has 150 valence electrons. The van der Waals surface area contributed by atoms with Gasteiger partial charge in [-0.25, -0.2) is 0 Å². The van der Waals surface area contributed by atoms with Crippen molar-refractivity contribution < 1.29 is 9.21 Å². The second-order valence-corrected chi connectivity index (χ2v) is 8.48. The number of benzene rings is 1. The Bertz CT molecular complexity index is 804. The van der Waals surface area contributed by atoms with E-state index in [1.807, 2.05) is 31.3 Å². The molecule has 1 saturated heterocycles. The Balaban J connectivity index is 1.58. The van der Waals surface area contributed by atoms with Gasteiger partial charge in [-0.1, -0.05) is 26.0 Å². The van der Waals surface area contributed by atoms with Crippen LogP contribution in [0.25, 0.3) is 0 Å². The van der Waals surface area contributed by atoms with E-state index in [0.717, 1.165) is 36.1 Å². The summed E-state index contributed by atoms with van der Waals surface area (Å²) < 4.78 is 5.14. The fraction of sp³-hybridized carbons (Fsp3) is 0.429. The average molecular weight is 401 g/mol. The first-order chi connectivity index (χ1) is 13.6. The Hall–Kier alpha value is -2.41. The van der Waals surface area contributed by atoms with Crippen LogP contribution in [0.4, 0.5) is 5.69 Å². The topological polar surface area (TPSA) is 69.9 Å². The molecule has 0 radical (unpaired) electrons. The molecule has 2 heterocycles. The lowest BCUT2D eigenvalue weighted by molar-refractivity contribution is 0.0996. The highest BCUT2D eigenvalue weighted by Gasteiger charge is 2.24. The molecule has 2 aromatic rings. The van der Waals surface area contributed by atoms with Gasteiger partial charge in [0, 0.05) is 43.4 Å². The van der Waals surface area contributed by atoms with Crippen LogP contribution < -0.4 is 10.6 Å². The molecular weight excluding hydrogens is 372 g/mol. The molecule has 1 aliphatic heterocycles. The monoisotopic (exact) mass is 400 g/mol. The summed E-state index contributed by atoms with van der Waals surface area (Å²) in [6, 6.07) is 11.1. The largest absolute Gasteiger partial charge is 0.459 e. The fourth-order valence-electron chi connectivity index (χ4n) is 3.14. The third kappa shape index (κ3) is 5.32. The van der Waals surface area contributed by atoms with Gasteiger partial charge in [-0.05, 0) is 35.7 Å². The first-order valence-electron chi connectivity index (χ1n) is 9.58. The van der Waals surface area contributed by atoms with Crippen molar-refractivity contribution in [3.63, 3.8) is 0 Å². The maximum atomic E-state index is 12.1. The maximum Gasteiger partial charge on any atom is 0.291 e. The highest BCUT2D eigenvalue weighted by atomic mass is 32.2. The molecule has 6 nitrogen and oxygen atoms in total. The van der Waals surface area contributed by atoms with E-state index in [1.54, 1.807) is 12.1 Å². The highest BCUT2D eigenvalue weighted by Crippen LogP contribution is 2.25. The number of carbonyl (C=O) groups is 1. The van der Waals surface area contributed by atoms with Gasteiger partial charge in [0.1, 0.15) is 0 Å². The van der Waals surface area contributed by atoms with Gasteiger partial charge in [-0.3, -0.25) is 9.79 Å². The van der Waals surface area contributed by atoms with Gasteiger partial charge in [0.15, 0.2) is 11.7 Å². The molecule has 0 spiro atoms. The number of furan rings is 1. The molecule has 1 atom stereocenters. The van der Waals surface area contributed by atoms with Crippen LogP contribution >= 0.6 is 11.8 Å². The lowest BCUT2D eigenvalue weighted by Crippen LogP contribution is -2.48. The summed E-state index contributed by atoms with van der Waals surface area (Å²) >= 11 is 2.05. The molecule has 1 amide bonds. The second kappa shape index (κ2) is 9.68. The predicted molar refractivity (Wildman–Crippen MR) is 116 cm³/mol. The van der Waals surface area contributed by atoms with Gasteiger partial charge in [-0.15, -0.1) is 0 Å². The van der Waals surface area contributed by atoms with Crippen LogP contribution in [0, 0.1) is 5.92 Å². The minimum absolute atomic E-state index is 0.253. The highest BCUT2D eigenvalue weighted by molar-refractivity contribution is 8.00. The number of hydrogen-bond donors (Lipinski definition) is 2.